The van der Waals surface area contributed by atoms with Crippen LogP contribution in [-0.2, 0) is 0 Å². The zero-order valence-corrected chi connectivity index (χ0v) is 12.8. The predicted molar refractivity (Wildman–Crippen MR) is 86.4 cm³/mol. The quantitative estimate of drug-likeness (QED) is 0.877. The smallest absolute Gasteiger partial charge is 0.0995 e. The van der Waals surface area contributed by atoms with Gasteiger partial charge in [-0.25, -0.2) is 4.98 Å². The zero-order chi connectivity index (χ0) is 15.1. The standard InChI is InChI=1S/C19H22N2O/c1-2-13-3-5-15(6-4-13)19(22)18-17(14-7-8-14)10-9-16-11-20-12-21(16)18/h1,9-15,19,22H,3-8H2/t13?,15?,19-/m0/s1. The second-order valence-corrected chi connectivity index (χ2v) is 6.86. The normalized spacial score (nSPS) is 26.7. The molecule has 0 aliphatic heterocycles. The molecular formula is C19H22N2O. The lowest BCUT2D eigenvalue weighted by molar-refractivity contribution is 0.0738. The summed E-state index contributed by atoms with van der Waals surface area (Å²) >= 11 is 0. The Kier molecular flexibility index (Phi) is 3.43. The Morgan fingerprint density at radius 1 is 1.18 bits per heavy atom. The molecule has 2 fully saturated rings. The summed E-state index contributed by atoms with van der Waals surface area (Å²) in [5.41, 5.74) is 3.45. The molecule has 0 unspecified atom stereocenters. The second-order valence-electron chi connectivity index (χ2n) is 6.86. The van der Waals surface area contributed by atoms with E-state index in [9.17, 15) is 5.11 Å². The second kappa shape index (κ2) is 5.44. The van der Waals surface area contributed by atoms with Crippen LogP contribution in [0, 0.1) is 24.2 Å². The molecule has 114 valence electrons. The van der Waals surface area contributed by atoms with Gasteiger partial charge in [-0.3, -0.25) is 0 Å². The number of rotatable bonds is 3. The Morgan fingerprint density at radius 3 is 2.64 bits per heavy atom. The maximum atomic E-state index is 11.1. The van der Waals surface area contributed by atoms with Gasteiger partial charge in [-0.05, 0) is 62.0 Å². The Morgan fingerprint density at radius 2 is 1.95 bits per heavy atom. The molecule has 1 N–H and O–H groups in total. The van der Waals surface area contributed by atoms with Gasteiger partial charge in [-0.1, -0.05) is 6.07 Å². The van der Waals surface area contributed by atoms with Gasteiger partial charge < -0.3 is 9.51 Å². The highest BCUT2D eigenvalue weighted by Gasteiger charge is 2.33. The Bertz CT molecular complexity index is 715. The number of fused-ring (bicyclic) bond motifs is 1. The molecule has 2 aromatic rings. The van der Waals surface area contributed by atoms with E-state index in [1.807, 2.05) is 12.5 Å². The lowest BCUT2D eigenvalue weighted by Gasteiger charge is -2.31. The Balaban J connectivity index is 1.69. The van der Waals surface area contributed by atoms with Crippen molar-refractivity contribution in [1.82, 2.24) is 9.38 Å². The molecule has 2 saturated carbocycles. The fourth-order valence-corrected chi connectivity index (χ4v) is 3.91. The average Bonchev–Trinajstić information content (AvgIpc) is 3.30. The van der Waals surface area contributed by atoms with Gasteiger partial charge >= 0.3 is 0 Å². The van der Waals surface area contributed by atoms with Crippen molar-refractivity contribution in [2.45, 2.75) is 50.5 Å². The van der Waals surface area contributed by atoms with E-state index >= 15 is 0 Å². The SMILES string of the molecule is C#CC1CCC([C@H](O)c2c(C3CC3)ccc3cncn23)CC1. The number of aliphatic hydroxyl groups excluding tert-OH is 1. The number of hydrogen-bond acceptors (Lipinski definition) is 2. The van der Waals surface area contributed by atoms with E-state index in [4.69, 9.17) is 6.42 Å². The van der Waals surface area contributed by atoms with Crippen molar-refractivity contribution in [1.29, 1.82) is 0 Å². The van der Waals surface area contributed by atoms with Gasteiger partial charge in [0.25, 0.3) is 0 Å². The first kappa shape index (κ1) is 13.8. The minimum Gasteiger partial charge on any atom is -0.387 e. The minimum atomic E-state index is -0.410. The first-order chi connectivity index (χ1) is 10.8. The van der Waals surface area contributed by atoms with Crippen LogP contribution in [-0.4, -0.2) is 14.5 Å². The molecule has 0 aromatic carbocycles. The number of aliphatic hydroxyl groups is 1. The molecule has 2 aliphatic rings. The highest BCUT2D eigenvalue weighted by molar-refractivity contribution is 5.50. The van der Waals surface area contributed by atoms with E-state index < -0.39 is 6.10 Å². The fraction of sp³-hybridized carbons (Fsp3) is 0.526. The Hall–Kier alpha value is -1.79. The van der Waals surface area contributed by atoms with Gasteiger partial charge in [0.2, 0.25) is 0 Å². The largest absolute Gasteiger partial charge is 0.387 e. The van der Waals surface area contributed by atoms with Gasteiger partial charge in [0.1, 0.15) is 0 Å². The van der Waals surface area contributed by atoms with Crippen molar-refractivity contribution in [3.63, 3.8) is 0 Å². The van der Waals surface area contributed by atoms with Gasteiger partial charge in [0, 0.05) is 5.92 Å². The summed E-state index contributed by atoms with van der Waals surface area (Å²) < 4.78 is 2.09. The molecule has 0 radical (unpaired) electrons. The van der Waals surface area contributed by atoms with Crippen LogP contribution in [0.25, 0.3) is 5.52 Å². The first-order valence-corrected chi connectivity index (χ1v) is 8.37. The van der Waals surface area contributed by atoms with Crippen molar-refractivity contribution < 1.29 is 5.11 Å². The van der Waals surface area contributed by atoms with E-state index in [0.29, 0.717) is 17.8 Å². The van der Waals surface area contributed by atoms with Crippen molar-refractivity contribution in [3.8, 4) is 12.3 Å². The summed E-state index contributed by atoms with van der Waals surface area (Å²) in [4.78, 5) is 4.26. The summed E-state index contributed by atoms with van der Waals surface area (Å²) in [6.45, 7) is 0. The van der Waals surface area contributed by atoms with Crippen LogP contribution in [0.15, 0.2) is 24.7 Å². The van der Waals surface area contributed by atoms with E-state index in [2.05, 4.69) is 27.4 Å². The highest BCUT2D eigenvalue weighted by atomic mass is 16.3. The van der Waals surface area contributed by atoms with Gasteiger partial charge in [-0.2, -0.15) is 0 Å². The van der Waals surface area contributed by atoms with Crippen LogP contribution < -0.4 is 0 Å². The van der Waals surface area contributed by atoms with Crippen molar-refractivity contribution in [2.24, 2.45) is 11.8 Å². The lowest BCUT2D eigenvalue weighted by atomic mass is 9.78. The molecule has 0 amide bonds. The third kappa shape index (κ3) is 2.32. The van der Waals surface area contributed by atoms with Crippen LogP contribution >= 0.6 is 0 Å². The minimum absolute atomic E-state index is 0.315. The molecule has 22 heavy (non-hydrogen) atoms. The Labute approximate surface area is 131 Å². The molecule has 0 bridgehead atoms. The third-order valence-corrected chi connectivity index (χ3v) is 5.41. The number of terminal acetylenes is 1. The number of hydrogen-bond donors (Lipinski definition) is 1. The molecule has 2 aliphatic carbocycles. The molecule has 0 saturated heterocycles. The summed E-state index contributed by atoms with van der Waals surface area (Å²) in [6.07, 6.45) is 15.4. The number of aromatic nitrogens is 2. The van der Waals surface area contributed by atoms with E-state index in [-0.39, 0.29) is 0 Å². The molecule has 4 rings (SSSR count). The molecule has 3 heteroatoms. The van der Waals surface area contributed by atoms with Gasteiger partial charge in [-0.15, -0.1) is 12.3 Å². The van der Waals surface area contributed by atoms with E-state index in [1.165, 1.54) is 18.4 Å². The maximum absolute atomic E-state index is 11.1. The molecule has 2 heterocycles. The summed E-state index contributed by atoms with van der Waals surface area (Å²) in [7, 11) is 0. The van der Waals surface area contributed by atoms with Crippen LogP contribution in [0.2, 0.25) is 0 Å². The molecule has 0 spiro atoms. The van der Waals surface area contributed by atoms with Crippen molar-refractivity contribution in [2.75, 3.05) is 0 Å². The highest BCUT2D eigenvalue weighted by Crippen LogP contribution is 2.46. The lowest BCUT2D eigenvalue weighted by Crippen LogP contribution is -2.22. The van der Waals surface area contributed by atoms with Crippen LogP contribution in [0.1, 0.15) is 61.8 Å². The fourth-order valence-electron chi connectivity index (χ4n) is 3.91. The van der Waals surface area contributed by atoms with Crippen molar-refractivity contribution >= 4 is 5.52 Å². The summed E-state index contributed by atoms with van der Waals surface area (Å²) in [5.74, 6) is 4.21. The van der Waals surface area contributed by atoms with Gasteiger partial charge in [0.05, 0.1) is 29.8 Å². The number of nitrogens with zero attached hydrogens (tertiary/aromatic N) is 2. The van der Waals surface area contributed by atoms with Crippen LogP contribution in [0.5, 0.6) is 0 Å². The monoisotopic (exact) mass is 294 g/mol. The first-order valence-electron chi connectivity index (χ1n) is 8.37. The summed E-state index contributed by atoms with van der Waals surface area (Å²) in [6, 6.07) is 4.31. The maximum Gasteiger partial charge on any atom is 0.0995 e. The number of imidazole rings is 1. The predicted octanol–water partition coefficient (Wildman–Crippen LogP) is 3.68. The van der Waals surface area contributed by atoms with E-state index in [1.54, 1.807) is 0 Å². The van der Waals surface area contributed by atoms with Crippen molar-refractivity contribution in [3.05, 3.63) is 35.9 Å². The zero-order valence-electron chi connectivity index (χ0n) is 12.8. The average molecular weight is 294 g/mol. The third-order valence-electron chi connectivity index (χ3n) is 5.41. The molecule has 1 atom stereocenters. The summed E-state index contributed by atoms with van der Waals surface area (Å²) in [5, 5.41) is 11.1. The van der Waals surface area contributed by atoms with Crippen LogP contribution in [0.3, 0.4) is 0 Å². The number of pyridine rings is 1. The molecule has 2 aromatic heterocycles. The van der Waals surface area contributed by atoms with E-state index in [0.717, 1.165) is 36.9 Å². The molecule has 3 nitrogen and oxygen atoms in total. The van der Waals surface area contributed by atoms with Crippen LogP contribution in [0.4, 0.5) is 0 Å². The molecular weight excluding hydrogens is 272 g/mol. The van der Waals surface area contributed by atoms with Gasteiger partial charge in [0.15, 0.2) is 0 Å². The topological polar surface area (TPSA) is 37.5 Å².